The van der Waals surface area contributed by atoms with Gasteiger partial charge in [0, 0.05) is 13.1 Å². The van der Waals surface area contributed by atoms with E-state index in [1.165, 1.54) is 11.1 Å². The van der Waals surface area contributed by atoms with Crippen molar-refractivity contribution in [3.05, 3.63) is 52.1 Å². The Morgan fingerprint density at radius 2 is 1.82 bits per heavy atom. The van der Waals surface area contributed by atoms with Crippen LogP contribution in [0.25, 0.3) is 0 Å². The molecule has 0 aliphatic carbocycles. The van der Waals surface area contributed by atoms with Gasteiger partial charge in [0.25, 0.3) is 0 Å². The van der Waals surface area contributed by atoms with Crippen LogP contribution < -0.4 is 10.6 Å². The van der Waals surface area contributed by atoms with Gasteiger partial charge in [-0.1, -0.05) is 24.3 Å². The zero-order valence-corrected chi connectivity index (χ0v) is 10.8. The van der Waals surface area contributed by atoms with E-state index < -0.39 is 0 Å². The molecule has 1 aliphatic heterocycles. The molecule has 3 rings (SSSR count). The Morgan fingerprint density at radius 1 is 1.18 bits per heavy atom. The lowest BCUT2D eigenvalue weighted by Crippen LogP contribution is -2.16. The van der Waals surface area contributed by atoms with Crippen LogP contribution in [0.1, 0.15) is 11.1 Å². The van der Waals surface area contributed by atoms with Crippen LogP contribution >= 0.6 is 15.9 Å². The number of fused-ring (bicyclic) bond motifs is 1. The van der Waals surface area contributed by atoms with Gasteiger partial charge in [0.2, 0.25) is 0 Å². The van der Waals surface area contributed by atoms with Crippen molar-refractivity contribution in [1.29, 1.82) is 0 Å². The van der Waals surface area contributed by atoms with Crippen molar-refractivity contribution in [1.82, 2.24) is 4.98 Å². The minimum absolute atomic E-state index is 0.678. The van der Waals surface area contributed by atoms with Crippen molar-refractivity contribution in [3.63, 3.8) is 0 Å². The molecule has 2 aromatic rings. The van der Waals surface area contributed by atoms with Crippen LogP contribution in [-0.4, -0.2) is 4.98 Å². The molecule has 86 valence electrons. The number of benzene rings is 1. The first-order valence-corrected chi connectivity index (χ1v) is 6.26. The van der Waals surface area contributed by atoms with Gasteiger partial charge in [0.1, 0.15) is 5.82 Å². The summed E-state index contributed by atoms with van der Waals surface area (Å²) in [4.78, 5) is 6.64. The van der Waals surface area contributed by atoms with Crippen LogP contribution in [0, 0.1) is 0 Å². The number of hydrogen-bond acceptors (Lipinski definition) is 3. The van der Waals surface area contributed by atoms with Crippen molar-refractivity contribution >= 4 is 27.4 Å². The molecule has 1 aliphatic rings. The number of nitrogen functional groups attached to an aromatic ring is 1. The van der Waals surface area contributed by atoms with Gasteiger partial charge in [0.15, 0.2) is 0 Å². The van der Waals surface area contributed by atoms with Crippen LogP contribution in [0.3, 0.4) is 0 Å². The van der Waals surface area contributed by atoms with Crippen LogP contribution in [-0.2, 0) is 13.1 Å². The Labute approximate surface area is 108 Å². The lowest BCUT2D eigenvalue weighted by atomic mass is 10.1. The lowest BCUT2D eigenvalue weighted by molar-refractivity contribution is 0.853. The highest BCUT2D eigenvalue weighted by Crippen LogP contribution is 2.32. The fourth-order valence-electron chi connectivity index (χ4n) is 2.16. The molecule has 0 bridgehead atoms. The Kier molecular flexibility index (Phi) is 2.52. The van der Waals surface area contributed by atoms with Gasteiger partial charge in [-0.2, -0.15) is 0 Å². The van der Waals surface area contributed by atoms with E-state index in [-0.39, 0.29) is 0 Å². The number of nitrogens with zero attached hydrogens (tertiary/aromatic N) is 2. The van der Waals surface area contributed by atoms with Crippen LogP contribution in [0.15, 0.2) is 41.0 Å². The van der Waals surface area contributed by atoms with E-state index in [0.717, 1.165) is 23.4 Å². The van der Waals surface area contributed by atoms with E-state index in [9.17, 15) is 0 Å². The minimum atomic E-state index is 0.678. The van der Waals surface area contributed by atoms with Gasteiger partial charge in [-0.25, -0.2) is 4.98 Å². The van der Waals surface area contributed by atoms with E-state index in [4.69, 9.17) is 5.73 Å². The zero-order chi connectivity index (χ0) is 11.8. The first-order valence-electron chi connectivity index (χ1n) is 5.47. The van der Waals surface area contributed by atoms with Crippen molar-refractivity contribution in [3.8, 4) is 0 Å². The zero-order valence-electron chi connectivity index (χ0n) is 9.23. The molecule has 2 N–H and O–H groups in total. The Morgan fingerprint density at radius 3 is 2.41 bits per heavy atom. The summed E-state index contributed by atoms with van der Waals surface area (Å²) in [5.74, 6) is 0.954. The molecule has 3 nitrogen and oxygen atoms in total. The predicted molar refractivity (Wildman–Crippen MR) is 72.7 cm³/mol. The Hall–Kier alpha value is -1.55. The monoisotopic (exact) mass is 289 g/mol. The third-order valence-corrected chi connectivity index (χ3v) is 3.57. The summed E-state index contributed by atoms with van der Waals surface area (Å²) in [6.07, 6.45) is 1.70. The van der Waals surface area contributed by atoms with E-state index in [0.29, 0.717) is 5.69 Å². The van der Waals surface area contributed by atoms with Crippen LogP contribution in [0.4, 0.5) is 11.5 Å². The summed E-state index contributed by atoms with van der Waals surface area (Å²) in [7, 11) is 0. The number of hydrogen-bond donors (Lipinski definition) is 1. The largest absolute Gasteiger partial charge is 0.397 e. The van der Waals surface area contributed by atoms with Gasteiger partial charge in [0.05, 0.1) is 16.4 Å². The molecular weight excluding hydrogens is 278 g/mol. The molecule has 4 heteroatoms. The highest BCUT2D eigenvalue weighted by molar-refractivity contribution is 9.10. The Balaban J connectivity index is 1.94. The summed E-state index contributed by atoms with van der Waals surface area (Å²) >= 11 is 3.52. The average molecular weight is 290 g/mol. The molecule has 0 saturated heterocycles. The highest BCUT2D eigenvalue weighted by atomic mass is 79.9. The van der Waals surface area contributed by atoms with Crippen molar-refractivity contribution < 1.29 is 0 Å². The number of nitrogens with two attached hydrogens (primary N) is 1. The number of aromatic nitrogens is 1. The number of halogens is 1. The standard InChI is InChI=1S/C13H12BrN3/c14-12-5-11(15)6-16-13(12)17-7-9-3-1-2-4-10(9)8-17/h1-6H,7-8,15H2. The smallest absolute Gasteiger partial charge is 0.143 e. The second kappa shape index (κ2) is 4.04. The van der Waals surface area contributed by atoms with Gasteiger partial charge in [-0.05, 0) is 33.1 Å². The van der Waals surface area contributed by atoms with Crippen LogP contribution in [0.5, 0.6) is 0 Å². The first kappa shape index (κ1) is 10.6. The SMILES string of the molecule is Nc1cnc(N2Cc3ccccc3C2)c(Br)c1. The summed E-state index contributed by atoms with van der Waals surface area (Å²) in [6.45, 7) is 1.82. The molecule has 1 aromatic carbocycles. The predicted octanol–water partition coefficient (Wildman–Crippen LogP) is 2.95. The van der Waals surface area contributed by atoms with E-state index in [1.54, 1.807) is 6.20 Å². The first-order chi connectivity index (χ1) is 8.24. The molecule has 0 fully saturated rings. The van der Waals surface area contributed by atoms with Gasteiger partial charge < -0.3 is 10.6 Å². The molecule has 0 atom stereocenters. The molecule has 0 unspecified atom stereocenters. The average Bonchev–Trinajstić information content (AvgIpc) is 2.72. The van der Waals surface area contributed by atoms with E-state index in [2.05, 4.69) is 50.1 Å². The van der Waals surface area contributed by atoms with E-state index in [1.807, 2.05) is 6.07 Å². The topological polar surface area (TPSA) is 42.1 Å². The molecule has 0 radical (unpaired) electrons. The summed E-state index contributed by atoms with van der Waals surface area (Å²) in [5.41, 5.74) is 9.12. The molecule has 2 heterocycles. The third kappa shape index (κ3) is 1.89. The molecule has 0 spiro atoms. The molecule has 17 heavy (non-hydrogen) atoms. The maximum absolute atomic E-state index is 5.70. The minimum Gasteiger partial charge on any atom is -0.397 e. The summed E-state index contributed by atoms with van der Waals surface area (Å²) in [5, 5.41) is 0. The highest BCUT2D eigenvalue weighted by Gasteiger charge is 2.21. The summed E-state index contributed by atoms with van der Waals surface area (Å²) < 4.78 is 0.949. The number of pyridine rings is 1. The van der Waals surface area contributed by atoms with Gasteiger partial charge in [-0.3, -0.25) is 0 Å². The fraction of sp³-hybridized carbons (Fsp3) is 0.154. The molecular formula is C13H12BrN3. The molecule has 1 aromatic heterocycles. The third-order valence-electron chi connectivity index (χ3n) is 2.98. The molecule has 0 amide bonds. The Bertz CT molecular complexity index is 543. The normalized spacial score (nSPS) is 13.8. The lowest BCUT2D eigenvalue weighted by Gasteiger charge is -2.18. The van der Waals surface area contributed by atoms with Crippen molar-refractivity contribution in [2.24, 2.45) is 0 Å². The van der Waals surface area contributed by atoms with Crippen molar-refractivity contribution in [2.75, 3.05) is 10.6 Å². The second-order valence-corrected chi connectivity index (χ2v) is 5.05. The molecule has 0 saturated carbocycles. The van der Waals surface area contributed by atoms with Crippen molar-refractivity contribution in [2.45, 2.75) is 13.1 Å². The quantitative estimate of drug-likeness (QED) is 0.878. The number of anilines is 2. The maximum atomic E-state index is 5.70. The van der Waals surface area contributed by atoms with Crippen LogP contribution in [0.2, 0.25) is 0 Å². The second-order valence-electron chi connectivity index (χ2n) is 4.20. The number of rotatable bonds is 1. The van der Waals surface area contributed by atoms with E-state index >= 15 is 0 Å². The summed E-state index contributed by atoms with van der Waals surface area (Å²) in [6, 6.07) is 10.4. The van der Waals surface area contributed by atoms with Gasteiger partial charge >= 0.3 is 0 Å². The van der Waals surface area contributed by atoms with Gasteiger partial charge in [-0.15, -0.1) is 0 Å². The maximum Gasteiger partial charge on any atom is 0.143 e. The fourth-order valence-corrected chi connectivity index (χ4v) is 2.78.